The van der Waals surface area contributed by atoms with Gasteiger partial charge in [-0.1, -0.05) is 12.1 Å². The number of hydrogen-bond donors (Lipinski definition) is 1. The number of nitrogens with one attached hydrogen (secondary N) is 1. The smallest absolute Gasteiger partial charge is 0.322 e. The average molecular weight is 396 g/mol. The van der Waals surface area contributed by atoms with Crippen molar-refractivity contribution in [1.29, 1.82) is 0 Å². The molecule has 6 nitrogen and oxygen atoms in total. The van der Waals surface area contributed by atoms with Gasteiger partial charge in [0, 0.05) is 50.5 Å². The molecule has 0 aromatic heterocycles. The van der Waals surface area contributed by atoms with Gasteiger partial charge in [0.1, 0.15) is 5.82 Å². The maximum absolute atomic E-state index is 14.1. The van der Waals surface area contributed by atoms with Gasteiger partial charge in [-0.2, -0.15) is 0 Å². The molecule has 1 unspecified atom stereocenters. The summed E-state index contributed by atoms with van der Waals surface area (Å²) in [6, 6.07) is 12.2. The molecule has 0 spiro atoms. The fourth-order valence-electron chi connectivity index (χ4n) is 4.12. The summed E-state index contributed by atoms with van der Waals surface area (Å²) in [5.74, 6) is -0.133. The Hall–Kier alpha value is -3.09. The number of para-hydroxylation sites is 1. The fraction of sp³-hybridized carbons (Fsp3) is 0.364. The number of urea groups is 1. The second kappa shape index (κ2) is 7.73. The number of fused-ring (bicyclic) bond motifs is 1. The molecule has 7 heteroatoms. The molecule has 0 aliphatic carbocycles. The van der Waals surface area contributed by atoms with Gasteiger partial charge in [0.2, 0.25) is 5.91 Å². The zero-order valence-electron chi connectivity index (χ0n) is 16.7. The summed E-state index contributed by atoms with van der Waals surface area (Å²) in [5, 5.41) is 2.98. The highest BCUT2D eigenvalue weighted by molar-refractivity contribution is 5.97. The molecule has 3 amide bonds. The van der Waals surface area contributed by atoms with Crippen LogP contribution in [0.15, 0.2) is 42.5 Å². The van der Waals surface area contributed by atoms with E-state index in [0.29, 0.717) is 38.2 Å². The molecule has 29 heavy (non-hydrogen) atoms. The van der Waals surface area contributed by atoms with E-state index in [9.17, 15) is 14.0 Å². The van der Waals surface area contributed by atoms with Crippen LogP contribution in [0, 0.1) is 5.82 Å². The van der Waals surface area contributed by atoms with Crippen LogP contribution in [0.5, 0.6) is 0 Å². The van der Waals surface area contributed by atoms with Crippen molar-refractivity contribution in [3.8, 4) is 0 Å². The van der Waals surface area contributed by atoms with Gasteiger partial charge < -0.3 is 20.0 Å². The predicted octanol–water partition coefficient (Wildman–Crippen LogP) is 3.48. The Morgan fingerprint density at radius 1 is 1.10 bits per heavy atom. The lowest BCUT2D eigenvalue weighted by molar-refractivity contribution is -0.118. The molecule has 2 aliphatic rings. The van der Waals surface area contributed by atoms with Crippen LogP contribution in [0.4, 0.5) is 26.2 Å². The second-order valence-corrected chi connectivity index (χ2v) is 7.67. The van der Waals surface area contributed by atoms with Crippen molar-refractivity contribution < 1.29 is 14.0 Å². The molecule has 2 aromatic carbocycles. The fourth-order valence-corrected chi connectivity index (χ4v) is 4.12. The Balaban J connectivity index is 1.42. The normalized spacial score (nSPS) is 19.2. The Morgan fingerprint density at radius 2 is 1.90 bits per heavy atom. The zero-order chi connectivity index (χ0) is 20.5. The summed E-state index contributed by atoms with van der Waals surface area (Å²) in [7, 11) is 1.77. The number of benzene rings is 2. The van der Waals surface area contributed by atoms with Crippen LogP contribution in [0.2, 0.25) is 0 Å². The summed E-state index contributed by atoms with van der Waals surface area (Å²) in [5.41, 5.74) is 3.25. The summed E-state index contributed by atoms with van der Waals surface area (Å²) < 4.78 is 14.1. The molecule has 2 aliphatic heterocycles. The van der Waals surface area contributed by atoms with E-state index in [-0.39, 0.29) is 23.8 Å². The average Bonchev–Trinajstić information content (AvgIpc) is 2.71. The number of carbonyl (C=O) groups excluding carboxylic acids is 2. The lowest BCUT2D eigenvalue weighted by atomic mass is 10.0. The molecule has 4 rings (SSSR count). The number of halogens is 1. The van der Waals surface area contributed by atoms with Gasteiger partial charge in [0.05, 0.1) is 5.69 Å². The highest BCUT2D eigenvalue weighted by Crippen LogP contribution is 2.29. The standard InChI is InChI=1S/C22H25FN4O2/c1-15-14-26(20-6-4-3-5-18(20)23)11-12-27(15)22(29)24-17-8-9-19-16(13-17)7-10-21(28)25(19)2/h3-6,8-9,13,15H,7,10-12,14H2,1-2H3,(H,24,29). The molecular weight excluding hydrogens is 371 g/mol. The monoisotopic (exact) mass is 396 g/mol. The zero-order valence-corrected chi connectivity index (χ0v) is 16.7. The van der Waals surface area contributed by atoms with Crippen LogP contribution >= 0.6 is 0 Å². The van der Waals surface area contributed by atoms with Crippen LogP contribution in [0.3, 0.4) is 0 Å². The first kappa shape index (κ1) is 19.2. The summed E-state index contributed by atoms with van der Waals surface area (Å²) in [6.45, 7) is 3.64. The number of nitrogens with zero attached hydrogens (tertiary/aromatic N) is 3. The van der Waals surface area contributed by atoms with Crippen LogP contribution in [0.1, 0.15) is 18.9 Å². The quantitative estimate of drug-likeness (QED) is 0.846. The topological polar surface area (TPSA) is 55.9 Å². The molecule has 1 atom stereocenters. The number of amides is 3. The number of hydrogen-bond acceptors (Lipinski definition) is 3. The molecule has 2 aromatic rings. The van der Waals surface area contributed by atoms with E-state index in [4.69, 9.17) is 0 Å². The maximum Gasteiger partial charge on any atom is 0.322 e. The van der Waals surface area contributed by atoms with Crippen LogP contribution in [0.25, 0.3) is 0 Å². The third-order valence-electron chi connectivity index (χ3n) is 5.76. The summed E-state index contributed by atoms with van der Waals surface area (Å²) in [4.78, 5) is 30.1. The van der Waals surface area contributed by atoms with Gasteiger partial charge in [-0.25, -0.2) is 9.18 Å². The molecule has 0 saturated carbocycles. The molecule has 0 bridgehead atoms. The van der Waals surface area contributed by atoms with Gasteiger partial charge in [-0.15, -0.1) is 0 Å². The van der Waals surface area contributed by atoms with Crippen molar-refractivity contribution in [2.24, 2.45) is 0 Å². The number of aryl methyl sites for hydroxylation is 1. The highest BCUT2D eigenvalue weighted by Gasteiger charge is 2.29. The number of anilines is 3. The van der Waals surface area contributed by atoms with Gasteiger partial charge in [0.15, 0.2) is 0 Å². The van der Waals surface area contributed by atoms with E-state index >= 15 is 0 Å². The first-order chi connectivity index (χ1) is 13.9. The van der Waals surface area contributed by atoms with Crippen molar-refractivity contribution in [2.45, 2.75) is 25.8 Å². The van der Waals surface area contributed by atoms with E-state index < -0.39 is 0 Å². The van der Waals surface area contributed by atoms with Crippen molar-refractivity contribution in [3.05, 3.63) is 53.8 Å². The number of rotatable bonds is 2. The Labute approximate surface area is 169 Å². The molecular formula is C22H25FN4O2. The van der Waals surface area contributed by atoms with Crippen LogP contribution in [-0.4, -0.2) is 49.6 Å². The number of piperazine rings is 1. The Bertz CT molecular complexity index is 948. The highest BCUT2D eigenvalue weighted by atomic mass is 19.1. The summed E-state index contributed by atoms with van der Waals surface area (Å²) >= 11 is 0. The first-order valence-electron chi connectivity index (χ1n) is 9.90. The maximum atomic E-state index is 14.1. The van der Waals surface area contributed by atoms with Crippen molar-refractivity contribution in [3.63, 3.8) is 0 Å². The summed E-state index contributed by atoms with van der Waals surface area (Å²) in [6.07, 6.45) is 1.16. The molecule has 1 saturated heterocycles. The Kier molecular flexibility index (Phi) is 5.13. The lowest BCUT2D eigenvalue weighted by Gasteiger charge is -2.41. The van der Waals surface area contributed by atoms with E-state index in [1.165, 1.54) is 6.07 Å². The van der Waals surface area contributed by atoms with E-state index in [0.717, 1.165) is 16.9 Å². The third-order valence-corrected chi connectivity index (χ3v) is 5.76. The second-order valence-electron chi connectivity index (χ2n) is 7.67. The molecule has 1 fully saturated rings. The van der Waals surface area contributed by atoms with E-state index in [1.807, 2.05) is 36.1 Å². The largest absolute Gasteiger partial charge is 0.365 e. The van der Waals surface area contributed by atoms with Gasteiger partial charge in [-0.05, 0) is 49.2 Å². The van der Waals surface area contributed by atoms with E-state index in [1.54, 1.807) is 29.0 Å². The minimum absolute atomic E-state index is 0.0512. The molecule has 152 valence electrons. The van der Waals surface area contributed by atoms with Gasteiger partial charge >= 0.3 is 6.03 Å². The van der Waals surface area contributed by atoms with Gasteiger partial charge in [-0.3, -0.25) is 4.79 Å². The van der Waals surface area contributed by atoms with Gasteiger partial charge in [0.25, 0.3) is 0 Å². The minimum atomic E-state index is -0.241. The molecule has 2 heterocycles. The van der Waals surface area contributed by atoms with Crippen molar-refractivity contribution >= 4 is 29.0 Å². The third kappa shape index (κ3) is 3.77. The molecule has 0 radical (unpaired) electrons. The SMILES string of the molecule is CC1CN(c2ccccc2F)CCN1C(=O)Nc1ccc2c(c1)CCC(=O)N2C. The van der Waals surface area contributed by atoms with E-state index in [2.05, 4.69) is 5.32 Å². The van der Waals surface area contributed by atoms with Crippen LogP contribution < -0.4 is 15.1 Å². The van der Waals surface area contributed by atoms with Crippen molar-refractivity contribution in [1.82, 2.24) is 4.90 Å². The lowest BCUT2D eigenvalue weighted by Crippen LogP contribution is -2.55. The Morgan fingerprint density at radius 3 is 2.66 bits per heavy atom. The van der Waals surface area contributed by atoms with Crippen LogP contribution in [-0.2, 0) is 11.2 Å². The van der Waals surface area contributed by atoms with Crippen molar-refractivity contribution in [2.75, 3.05) is 41.8 Å². The number of carbonyl (C=O) groups is 2. The predicted molar refractivity (Wildman–Crippen MR) is 112 cm³/mol. The molecule has 1 N–H and O–H groups in total. The minimum Gasteiger partial charge on any atom is -0.365 e. The first-order valence-corrected chi connectivity index (χ1v) is 9.90.